The zero-order valence-corrected chi connectivity index (χ0v) is 16.1. The molecule has 3 aromatic rings. The normalized spacial score (nSPS) is 13.0. The van der Waals surface area contributed by atoms with Crippen molar-refractivity contribution in [2.24, 2.45) is 0 Å². The molecule has 3 N–H and O–H groups in total. The van der Waals surface area contributed by atoms with Crippen LogP contribution in [0, 0.1) is 6.92 Å². The van der Waals surface area contributed by atoms with Crippen LogP contribution in [-0.2, 0) is 9.84 Å². The molecule has 0 bridgehead atoms. The van der Waals surface area contributed by atoms with Crippen molar-refractivity contribution < 1.29 is 17.3 Å². The molecule has 0 saturated carbocycles. The third-order valence-corrected chi connectivity index (χ3v) is 4.69. The fraction of sp³-hybridized carbons (Fsp3) is 0.176. The first-order valence-corrected chi connectivity index (χ1v) is 9.99. The highest BCUT2D eigenvalue weighted by atomic mass is 32.2. The van der Waals surface area contributed by atoms with Gasteiger partial charge >= 0.3 is 0 Å². The second-order valence-electron chi connectivity index (χ2n) is 5.86. The lowest BCUT2D eigenvalue weighted by atomic mass is 10.3. The molecule has 3 heterocycles. The molecule has 0 fully saturated rings. The van der Waals surface area contributed by atoms with Crippen molar-refractivity contribution in [1.29, 1.82) is 0 Å². The molecule has 1 amide bonds. The summed E-state index contributed by atoms with van der Waals surface area (Å²) < 4.78 is 45.9. The number of pyridine rings is 1. The second-order valence-corrected chi connectivity index (χ2v) is 7.85. The summed E-state index contributed by atoms with van der Waals surface area (Å²) in [5, 5.41) is 15.1. The molecule has 0 aliphatic heterocycles. The summed E-state index contributed by atoms with van der Waals surface area (Å²) in [5.41, 5.74) is 0.224. The monoisotopic (exact) mass is 417 g/mol. The van der Waals surface area contributed by atoms with Gasteiger partial charge in [0.2, 0.25) is 0 Å². The summed E-state index contributed by atoms with van der Waals surface area (Å²) in [7, 11) is -3.66. The van der Waals surface area contributed by atoms with E-state index in [1.807, 2.05) is 5.32 Å². The Bertz CT molecular complexity index is 1270. The van der Waals surface area contributed by atoms with Crippen molar-refractivity contribution >= 4 is 38.9 Å². The number of hydrogen-bond acceptors (Lipinski definition) is 10. The molecule has 150 valence electrons. The Hall–Kier alpha value is -3.67. The van der Waals surface area contributed by atoms with Crippen molar-refractivity contribution in [3.63, 3.8) is 0 Å². The number of nitrogens with zero attached hydrogens (tertiary/aromatic N) is 5. The van der Waals surface area contributed by atoms with Gasteiger partial charge in [-0.25, -0.2) is 18.4 Å². The summed E-state index contributed by atoms with van der Waals surface area (Å²) >= 11 is 0. The van der Waals surface area contributed by atoms with Crippen LogP contribution in [0.2, 0.25) is 0 Å². The summed E-state index contributed by atoms with van der Waals surface area (Å²) in [6, 6.07) is 4.12. The predicted molar refractivity (Wildman–Crippen MR) is 106 cm³/mol. The zero-order chi connectivity index (χ0) is 23.5. The van der Waals surface area contributed by atoms with Gasteiger partial charge in [0.15, 0.2) is 21.3 Å². The van der Waals surface area contributed by atoms with Crippen LogP contribution in [-0.4, -0.2) is 52.7 Å². The molecule has 12 heteroatoms. The second kappa shape index (κ2) is 8.14. The van der Waals surface area contributed by atoms with E-state index in [4.69, 9.17) is 4.11 Å². The number of rotatable bonds is 6. The van der Waals surface area contributed by atoms with Crippen LogP contribution in [0.15, 0.2) is 41.7 Å². The smallest absolute Gasteiger partial charge is 0.273 e. The number of hydrogen-bond donors (Lipinski definition) is 3. The first-order chi connectivity index (χ1) is 14.9. The zero-order valence-electron chi connectivity index (χ0n) is 18.3. The van der Waals surface area contributed by atoms with Gasteiger partial charge in [-0.15, -0.1) is 10.2 Å². The molecule has 29 heavy (non-hydrogen) atoms. The Balaban J connectivity index is 2.05. The summed E-state index contributed by atoms with van der Waals surface area (Å²) in [5.74, 6) is -0.639. The molecule has 0 unspecified atom stereocenters. The molecule has 3 rings (SSSR count). The molecule has 0 aromatic carbocycles. The Labute approximate surface area is 171 Å². The van der Waals surface area contributed by atoms with Crippen molar-refractivity contribution in [3.8, 4) is 0 Å². The minimum absolute atomic E-state index is 0.0338. The van der Waals surface area contributed by atoms with Crippen LogP contribution in [0.25, 0.3) is 0 Å². The number of sulfone groups is 1. The first-order valence-electron chi connectivity index (χ1n) is 9.60. The summed E-state index contributed by atoms with van der Waals surface area (Å²) in [4.78, 5) is 24.6. The van der Waals surface area contributed by atoms with Crippen LogP contribution in [0.5, 0.6) is 0 Å². The first kappa shape index (κ1) is 16.3. The summed E-state index contributed by atoms with van der Waals surface area (Å²) in [6.45, 7) is -1.03. The third kappa shape index (κ3) is 4.79. The number of carbonyl (C=O) groups is 1. The summed E-state index contributed by atoms with van der Waals surface area (Å²) in [6.07, 6.45) is 5.36. The number of aryl methyl sites for hydroxylation is 1. The maximum absolute atomic E-state index is 12.5. The molecule has 11 nitrogen and oxygen atoms in total. The molecule has 0 spiro atoms. The van der Waals surface area contributed by atoms with E-state index in [0.717, 1.165) is 6.26 Å². The Morgan fingerprint density at radius 2 is 2.00 bits per heavy atom. The highest BCUT2D eigenvalue weighted by molar-refractivity contribution is 7.90. The standard InChI is InChI=1S/C17H18N8O3S/c1-10-8-19-9-14(21-10)23-13-7-11(15(25-24-13)17(26)18-2)22-16-12(29(3,27)28)5-4-6-20-16/h4-9H,1-3H3,(H,18,26)(H2,20,21,22,23,24)/i2D3. The van der Waals surface area contributed by atoms with Crippen LogP contribution in [0.4, 0.5) is 23.1 Å². The minimum atomic E-state index is -3.66. The van der Waals surface area contributed by atoms with Gasteiger partial charge in [0.1, 0.15) is 16.5 Å². The van der Waals surface area contributed by atoms with Crippen molar-refractivity contribution in [2.75, 3.05) is 23.9 Å². The average Bonchev–Trinajstić information content (AvgIpc) is 2.66. The lowest BCUT2D eigenvalue weighted by Gasteiger charge is -2.13. The molecular formula is C17H18N8O3S. The van der Waals surface area contributed by atoms with Crippen LogP contribution in [0.1, 0.15) is 20.3 Å². The average molecular weight is 417 g/mol. The van der Waals surface area contributed by atoms with Gasteiger partial charge in [0.05, 0.1) is 17.6 Å². The molecule has 0 saturated heterocycles. The fourth-order valence-electron chi connectivity index (χ4n) is 2.34. The van der Waals surface area contributed by atoms with E-state index in [1.54, 1.807) is 13.1 Å². The van der Waals surface area contributed by atoms with Crippen LogP contribution in [0.3, 0.4) is 0 Å². The highest BCUT2D eigenvalue weighted by Gasteiger charge is 2.19. The highest BCUT2D eigenvalue weighted by Crippen LogP contribution is 2.26. The van der Waals surface area contributed by atoms with Crippen LogP contribution < -0.4 is 16.0 Å². The molecule has 3 aromatic heterocycles. The van der Waals surface area contributed by atoms with Crippen LogP contribution >= 0.6 is 0 Å². The minimum Gasteiger partial charge on any atom is -0.354 e. The molecule has 0 aliphatic rings. The van der Waals surface area contributed by atoms with E-state index in [1.165, 1.54) is 30.6 Å². The van der Waals surface area contributed by atoms with Gasteiger partial charge in [-0.2, -0.15) is 0 Å². The number of aromatic nitrogens is 5. The van der Waals surface area contributed by atoms with Gasteiger partial charge in [0, 0.05) is 35.8 Å². The maximum Gasteiger partial charge on any atom is 0.273 e. The van der Waals surface area contributed by atoms with E-state index >= 15 is 0 Å². The Morgan fingerprint density at radius 3 is 2.72 bits per heavy atom. The van der Waals surface area contributed by atoms with E-state index in [0.29, 0.717) is 11.5 Å². The lowest BCUT2D eigenvalue weighted by molar-refractivity contribution is 0.0958. The molecular weight excluding hydrogens is 396 g/mol. The fourth-order valence-corrected chi connectivity index (χ4v) is 3.12. The van der Waals surface area contributed by atoms with Crippen molar-refractivity contribution in [1.82, 2.24) is 30.5 Å². The van der Waals surface area contributed by atoms with E-state index in [-0.39, 0.29) is 27.9 Å². The van der Waals surface area contributed by atoms with Gasteiger partial charge in [-0.05, 0) is 19.1 Å². The van der Waals surface area contributed by atoms with Gasteiger partial charge in [0.25, 0.3) is 5.91 Å². The van der Waals surface area contributed by atoms with Gasteiger partial charge in [-0.1, -0.05) is 0 Å². The third-order valence-electron chi connectivity index (χ3n) is 3.56. The van der Waals surface area contributed by atoms with E-state index in [9.17, 15) is 13.2 Å². The largest absolute Gasteiger partial charge is 0.354 e. The van der Waals surface area contributed by atoms with Gasteiger partial charge in [-0.3, -0.25) is 9.78 Å². The Kier molecular flexibility index (Phi) is 4.58. The number of anilines is 4. The molecule has 0 atom stereocenters. The Morgan fingerprint density at radius 1 is 1.17 bits per heavy atom. The van der Waals surface area contributed by atoms with E-state index in [2.05, 4.69) is 35.8 Å². The van der Waals surface area contributed by atoms with Gasteiger partial charge < -0.3 is 16.0 Å². The predicted octanol–water partition coefficient (Wildman–Crippen LogP) is 1.22. The lowest BCUT2D eigenvalue weighted by Crippen LogP contribution is -2.22. The topological polar surface area (TPSA) is 152 Å². The SMILES string of the molecule is [2H]C([2H])([2H])NC(=O)c1nnc(Nc2cncc(C)n2)cc1Nc1ncccc1S(C)(=O)=O. The number of carbonyl (C=O) groups excluding carboxylic acids is 1. The van der Waals surface area contributed by atoms with Crippen molar-refractivity contribution in [2.45, 2.75) is 11.8 Å². The molecule has 0 aliphatic carbocycles. The molecule has 0 radical (unpaired) electrons. The maximum atomic E-state index is 12.5. The quantitative estimate of drug-likeness (QED) is 0.534. The van der Waals surface area contributed by atoms with Crippen molar-refractivity contribution in [3.05, 3.63) is 48.2 Å². The van der Waals surface area contributed by atoms with E-state index < -0.39 is 22.7 Å². The number of amides is 1. The number of nitrogens with one attached hydrogen (secondary N) is 3.